The van der Waals surface area contributed by atoms with Gasteiger partial charge >= 0.3 is 11.9 Å². The summed E-state index contributed by atoms with van der Waals surface area (Å²) in [5.74, 6) is -5.93. The predicted molar refractivity (Wildman–Crippen MR) is 52.4 cm³/mol. The highest BCUT2D eigenvalue weighted by Crippen LogP contribution is 2.18. The fourth-order valence-electron chi connectivity index (χ4n) is 1.33. The summed E-state index contributed by atoms with van der Waals surface area (Å²) in [6, 6.07) is 0. The van der Waals surface area contributed by atoms with E-state index in [-0.39, 0.29) is 0 Å². The van der Waals surface area contributed by atoms with Gasteiger partial charge in [0, 0.05) is 0 Å². The van der Waals surface area contributed by atoms with Gasteiger partial charge in [0.1, 0.15) is 23.4 Å². The maximum atomic E-state index is 11.3. The Morgan fingerprint density at radius 1 is 0.750 bits per heavy atom. The molecule has 0 aromatic rings. The van der Waals surface area contributed by atoms with E-state index in [4.69, 9.17) is 0 Å². The largest absolute Gasteiger partial charge is 0.468 e. The zero-order chi connectivity index (χ0) is 12.9. The van der Waals surface area contributed by atoms with Crippen LogP contribution in [-0.2, 0) is 28.7 Å². The van der Waals surface area contributed by atoms with Crippen LogP contribution in [0.1, 0.15) is 13.8 Å². The molecule has 2 atom stereocenters. The number of hydrogen-bond donors (Lipinski definition) is 0. The summed E-state index contributed by atoms with van der Waals surface area (Å²) in [5.41, 5.74) is 0. The molecule has 0 fully saturated rings. The van der Waals surface area contributed by atoms with Gasteiger partial charge in [-0.15, -0.1) is 0 Å². The third kappa shape index (κ3) is 3.15. The fourth-order valence-corrected chi connectivity index (χ4v) is 1.33. The number of carbonyl (C=O) groups excluding carboxylic acids is 4. The third-order valence-electron chi connectivity index (χ3n) is 2.12. The van der Waals surface area contributed by atoms with Gasteiger partial charge in [0.2, 0.25) is 0 Å². The molecule has 0 radical (unpaired) electrons. The highest BCUT2D eigenvalue weighted by atomic mass is 16.5. The Kier molecular flexibility index (Phi) is 5.35. The van der Waals surface area contributed by atoms with E-state index in [9.17, 15) is 19.2 Å². The number of carbonyl (C=O) groups is 4. The molecule has 0 N–H and O–H groups in total. The summed E-state index contributed by atoms with van der Waals surface area (Å²) in [6.45, 7) is 2.22. The van der Waals surface area contributed by atoms with Crippen LogP contribution < -0.4 is 0 Å². The monoisotopic (exact) mass is 230 g/mol. The number of esters is 2. The highest BCUT2D eigenvalue weighted by Gasteiger charge is 2.41. The van der Waals surface area contributed by atoms with Gasteiger partial charge in [0.05, 0.1) is 14.2 Å². The number of rotatable bonds is 5. The van der Waals surface area contributed by atoms with Gasteiger partial charge in [-0.05, 0) is 13.8 Å². The molecule has 90 valence electrons. The molecule has 0 spiro atoms. The van der Waals surface area contributed by atoms with E-state index >= 15 is 0 Å². The van der Waals surface area contributed by atoms with Crippen molar-refractivity contribution in [2.24, 2.45) is 11.8 Å². The molecule has 6 heteroatoms. The normalized spacial score (nSPS) is 13.5. The number of ether oxygens (including phenoxy) is 2. The lowest BCUT2D eigenvalue weighted by molar-refractivity contribution is -0.163. The van der Waals surface area contributed by atoms with Crippen LogP contribution in [0.25, 0.3) is 0 Å². The van der Waals surface area contributed by atoms with Gasteiger partial charge in [0.25, 0.3) is 0 Å². The van der Waals surface area contributed by atoms with Crippen molar-refractivity contribution in [1.82, 2.24) is 0 Å². The SMILES string of the molecule is COC(=O)[C@@H](C(C)=O)[C@H](C(C)=O)C(=O)OC. The van der Waals surface area contributed by atoms with Crippen LogP contribution in [0.3, 0.4) is 0 Å². The first-order chi connectivity index (χ1) is 7.36. The molecule has 0 saturated heterocycles. The van der Waals surface area contributed by atoms with Crippen molar-refractivity contribution in [2.75, 3.05) is 14.2 Å². The lowest BCUT2D eigenvalue weighted by atomic mass is 9.86. The Hall–Kier alpha value is -1.72. The molecule has 0 bridgehead atoms. The molecule has 0 aliphatic rings. The van der Waals surface area contributed by atoms with E-state index in [0.29, 0.717) is 0 Å². The molecular weight excluding hydrogens is 216 g/mol. The summed E-state index contributed by atoms with van der Waals surface area (Å²) < 4.78 is 8.76. The van der Waals surface area contributed by atoms with Crippen LogP contribution >= 0.6 is 0 Å². The molecule has 0 heterocycles. The van der Waals surface area contributed by atoms with E-state index in [1.54, 1.807) is 0 Å². The lowest BCUT2D eigenvalue weighted by Crippen LogP contribution is -2.40. The van der Waals surface area contributed by atoms with Gasteiger partial charge in [-0.25, -0.2) is 0 Å². The summed E-state index contributed by atoms with van der Waals surface area (Å²) in [7, 11) is 2.15. The van der Waals surface area contributed by atoms with Gasteiger partial charge in [-0.1, -0.05) is 0 Å². The molecule has 6 nitrogen and oxygen atoms in total. The van der Waals surface area contributed by atoms with Gasteiger partial charge in [-0.3, -0.25) is 19.2 Å². The molecule has 0 aliphatic heterocycles. The number of methoxy groups -OCH3 is 2. The van der Waals surface area contributed by atoms with Crippen molar-refractivity contribution in [2.45, 2.75) is 13.8 Å². The first kappa shape index (κ1) is 14.3. The molecule has 0 unspecified atom stereocenters. The highest BCUT2D eigenvalue weighted by molar-refractivity contribution is 6.10. The molecule has 0 amide bonds. The number of ketones is 2. The first-order valence-electron chi connectivity index (χ1n) is 4.53. The van der Waals surface area contributed by atoms with Crippen molar-refractivity contribution < 1.29 is 28.7 Å². The van der Waals surface area contributed by atoms with Crippen LogP contribution in [0.4, 0.5) is 0 Å². The second-order valence-corrected chi connectivity index (χ2v) is 3.22. The number of Topliss-reactive ketones (excluding diaryl/α,β-unsaturated/α-hetero) is 2. The zero-order valence-electron chi connectivity index (χ0n) is 9.60. The van der Waals surface area contributed by atoms with Gasteiger partial charge < -0.3 is 9.47 Å². The quantitative estimate of drug-likeness (QED) is 0.478. The third-order valence-corrected chi connectivity index (χ3v) is 2.12. The summed E-state index contributed by atoms with van der Waals surface area (Å²) in [6.07, 6.45) is 0. The molecule has 0 saturated carbocycles. The smallest absolute Gasteiger partial charge is 0.317 e. The average molecular weight is 230 g/mol. The Bertz CT molecular complexity index is 287. The summed E-state index contributed by atoms with van der Waals surface area (Å²) in [4.78, 5) is 45.1. The minimum atomic E-state index is -1.44. The predicted octanol–water partition coefficient (Wildman–Crippen LogP) is -0.257. The average Bonchev–Trinajstić information content (AvgIpc) is 2.22. The first-order valence-corrected chi connectivity index (χ1v) is 4.53. The van der Waals surface area contributed by atoms with Gasteiger partial charge in [-0.2, -0.15) is 0 Å². The van der Waals surface area contributed by atoms with E-state index in [1.165, 1.54) is 0 Å². The van der Waals surface area contributed by atoms with E-state index < -0.39 is 35.3 Å². The fraction of sp³-hybridized carbons (Fsp3) is 0.600. The molecular formula is C10H14O6. The second-order valence-electron chi connectivity index (χ2n) is 3.22. The molecule has 16 heavy (non-hydrogen) atoms. The van der Waals surface area contributed by atoms with Crippen molar-refractivity contribution >= 4 is 23.5 Å². The standard InChI is InChI=1S/C10H14O6/c1-5(11)7(9(13)15-3)8(6(2)12)10(14)16-4/h7-8H,1-4H3/t7-,8-/m0/s1. The summed E-state index contributed by atoms with van der Waals surface area (Å²) in [5, 5.41) is 0. The van der Waals surface area contributed by atoms with Crippen molar-refractivity contribution in [3.8, 4) is 0 Å². The van der Waals surface area contributed by atoms with Crippen molar-refractivity contribution in [3.05, 3.63) is 0 Å². The molecule has 0 rings (SSSR count). The molecule has 0 aromatic carbocycles. The number of hydrogen-bond acceptors (Lipinski definition) is 6. The van der Waals surface area contributed by atoms with E-state index in [0.717, 1.165) is 28.1 Å². The lowest BCUT2D eigenvalue weighted by Gasteiger charge is -2.18. The Morgan fingerprint density at radius 2 is 1.00 bits per heavy atom. The van der Waals surface area contributed by atoms with Crippen LogP contribution in [0, 0.1) is 11.8 Å². The maximum absolute atomic E-state index is 11.3. The van der Waals surface area contributed by atoms with Crippen LogP contribution in [-0.4, -0.2) is 37.7 Å². The molecule has 0 aliphatic carbocycles. The minimum Gasteiger partial charge on any atom is -0.468 e. The molecule has 0 aromatic heterocycles. The van der Waals surface area contributed by atoms with Gasteiger partial charge in [0.15, 0.2) is 0 Å². The van der Waals surface area contributed by atoms with E-state index in [1.807, 2.05) is 0 Å². The van der Waals surface area contributed by atoms with Crippen LogP contribution in [0.5, 0.6) is 0 Å². The zero-order valence-corrected chi connectivity index (χ0v) is 9.60. The second kappa shape index (κ2) is 5.99. The maximum Gasteiger partial charge on any atom is 0.317 e. The topological polar surface area (TPSA) is 86.7 Å². The van der Waals surface area contributed by atoms with Crippen molar-refractivity contribution in [3.63, 3.8) is 0 Å². The van der Waals surface area contributed by atoms with Crippen LogP contribution in [0.15, 0.2) is 0 Å². The Labute approximate surface area is 92.9 Å². The Morgan fingerprint density at radius 3 is 1.12 bits per heavy atom. The minimum absolute atomic E-state index is 0.613. The van der Waals surface area contributed by atoms with Crippen molar-refractivity contribution in [1.29, 1.82) is 0 Å². The van der Waals surface area contributed by atoms with E-state index in [2.05, 4.69) is 9.47 Å². The summed E-state index contributed by atoms with van der Waals surface area (Å²) >= 11 is 0. The Balaban J connectivity index is 5.27. The van der Waals surface area contributed by atoms with Crippen LogP contribution in [0.2, 0.25) is 0 Å².